The van der Waals surface area contributed by atoms with E-state index in [1.54, 1.807) is 0 Å². The van der Waals surface area contributed by atoms with Crippen LogP contribution in [0.5, 0.6) is 0 Å². The van der Waals surface area contributed by atoms with Crippen LogP contribution in [0, 0.1) is 0 Å². The lowest BCUT2D eigenvalue weighted by Gasteiger charge is -2.20. The first-order valence-electron chi connectivity index (χ1n) is 3.75. The van der Waals surface area contributed by atoms with Crippen molar-refractivity contribution in [1.82, 2.24) is 4.90 Å². The molecule has 0 heterocycles. The molecule has 0 saturated heterocycles. The normalized spacial score (nSPS) is 12.7. The van der Waals surface area contributed by atoms with Crippen LogP contribution in [0.4, 0.5) is 0 Å². The lowest BCUT2D eigenvalue weighted by atomic mass is 10.3. The molecule has 2 N–H and O–H groups in total. The predicted octanol–water partition coefficient (Wildman–Crippen LogP) is -0.792. The molecular formula is C7H15NO3. The molecule has 4 nitrogen and oxygen atoms in total. The number of hydrogen-bond donors (Lipinski definition) is 2. The van der Waals surface area contributed by atoms with E-state index >= 15 is 0 Å². The van der Waals surface area contributed by atoms with Crippen LogP contribution < -0.4 is 0 Å². The number of amides is 1. The fraction of sp³-hybridized carbons (Fsp3) is 0.857. The van der Waals surface area contributed by atoms with Gasteiger partial charge < -0.3 is 15.1 Å². The molecule has 0 aromatic carbocycles. The van der Waals surface area contributed by atoms with Crippen molar-refractivity contribution in [3.63, 3.8) is 0 Å². The van der Waals surface area contributed by atoms with Crippen molar-refractivity contribution >= 4 is 5.91 Å². The largest absolute Gasteiger partial charge is 0.393 e. The van der Waals surface area contributed by atoms with Crippen molar-refractivity contribution in [3.8, 4) is 0 Å². The second-order valence-corrected chi connectivity index (χ2v) is 2.21. The Morgan fingerprint density at radius 3 is 2.18 bits per heavy atom. The van der Waals surface area contributed by atoms with Gasteiger partial charge >= 0.3 is 0 Å². The molecule has 11 heavy (non-hydrogen) atoms. The number of aliphatic hydroxyl groups is 2. The Bertz CT molecular complexity index is 123. The average molecular weight is 161 g/mol. The molecule has 0 aromatic rings. The van der Waals surface area contributed by atoms with Crippen molar-refractivity contribution < 1.29 is 15.0 Å². The number of rotatable bonds is 4. The summed E-state index contributed by atoms with van der Waals surface area (Å²) in [7, 11) is 0. The number of carbonyl (C=O) groups is 1. The van der Waals surface area contributed by atoms with E-state index < -0.39 is 18.6 Å². The first kappa shape index (κ1) is 10.4. The second kappa shape index (κ2) is 5.09. The van der Waals surface area contributed by atoms with Gasteiger partial charge in [-0.3, -0.25) is 4.79 Å². The van der Waals surface area contributed by atoms with E-state index in [1.807, 2.05) is 13.8 Å². The summed E-state index contributed by atoms with van der Waals surface area (Å²) >= 11 is 0. The Balaban J connectivity index is 3.97. The molecule has 0 radical (unpaired) electrons. The maximum Gasteiger partial charge on any atom is 0.253 e. The quantitative estimate of drug-likeness (QED) is 0.568. The first-order valence-corrected chi connectivity index (χ1v) is 3.75. The summed E-state index contributed by atoms with van der Waals surface area (Å²) in [6, 6.07) is 0. The molecule has 1 atom stereocenters. The number of likely N-dealkylation sites (N-methyl/N-ethyl adjacent to an activating group) is 1. The minimum Gasteiger partial charge on any atom is -0.393 e. The van der Waals surface area contributed by atoms with E-state index in [1.165, 1.54) is 4.90 Å². The first-order chi connectivity index (χ1) is 5.17. The molecule has 0 unspecified atom stereocenters. The minimum atomic E-state index is -1.25. The summed E-state index contributed by atoms with van der Waals surface area (Å²) in [5.74, 6) is -0.405. The van der Waals surface area contributed by atoms with Gasteiger partial charge in [-0.05, 0) is 13.8 Å². The molecule has 0 aromatic heterocycles. The highest BCUT2D eigenvalue weighted by atomic mass is 16.3. The van der Waals surface area contributed by atoms with Crippen LogP contribution in [0.2, 0.25) is 0 Å². The lowest BCUT2D eigenvalue weighted by molar-refractivity contribution is -0.141. The van der Waals surface area contributed by atoms with Gasteiger partial charge in [0.25, 0.3) is 5.91 Å². The topological polar surface area (TPSA) is 60.8 Å². The van der Waals surface area contributed by atoms with Gasteiger partial charge in [-0.15, -0.1) is 0 Å². The zero-order chi connectivity index (χ0) is 8.85. The third-order valence-electron chi connectivity index (χ3n) is 1.53. The molecule has 0 rings (SSSR count). The molecule has 0 aliphatic heterocycles. The fourth-order valence-corrected chi connectivity index (χ4v) is 0.824. The highest BCUT2D eigenvalue weighted by Gasteiger charge is 2.18. The highest BCUT2D eigenvalue weighted by Crippen LogP contribution is 1.93. The van der Waals surface area contributed by atoms with Crippen LogP contribution in [-0.2, 0) is 4.79 Å². The highest BCUT2D eigenvalue weighted by molar-refractivity contribution is 5.80. The van der Waals surface area contributed by atoms with Crippen LogP contribution >= 0.6 is 0 Å². The van der Waals surface area contributed by atoms with Crippen molar-refractivity contribution in [3.05, 3.63) is 0 Å². The summed E-state index contributed by atoms with van der Waals surface area (Å²) in [5, 5.41) is 17.4. The van der Waals surface area contributed by atoms with Crippen molar-refractivity contribution in [2.24, 2.45) is 0 Å². The Labute approximate surface area is 66.4 Å². The number of aliphatic hydroxyl groups excluding tert-OH is 2. The number of hydrogen-bond acceptors (Lipinski definition) is 3. The van der Waals surface area contributed by atoms with Crippen molar-refractivity contribution in [2.75, 3.05) is 19.7 Å². The van der Waals surface area contributed by atoms with Gasteiger partial charge in [-0.2, -0.15) is 0 Å². The van der Waals surface area contributed by atoms with Gasteiger partial charge in [0.05, 0.1) is 6.61 Å². The molecule has 0 saturated carbocycles. The summed E-state index contributed by atoms with van der Waals surface area (Å²) in [6.45, 7) is 4.27. The van der Waals surface area contributed by atoms with Crippen LogP contribution in [0.3, 0.4) is 0 Å². The van der Waals surface area contributed by atoms with Gasteiger partial charge in [0, 0.05) is 13.1 Å². The molecular weight excluding hydrogens is 146 g/mol. The lowest BCUT2D eigenvalue weighted by Crippen LogP contribution is -2.40. The summed E-state index contributed by atoms with van der Waals surface area (Å²) in [4.78, 5) is 12.5. The molecule has 0 fully saturated rings. The molecule has 66 valence electrons. The van der Waals surface area contributed by atoms with E-state index in [-0.39, 0.29) is 0 Å². The van der Waals surface area contributed by atoms with Crippen LogP contribution in [0.25, 0.3) is 0 Å². The van der Waals surface area contributed by atoms with E-state index in [9.17, 15) is 4.79 Å². The maximum absolute atomic E-state index is 11.1. The SMILES string of the molecule is CCN(CC)C(=O)[C@@H](O)CO. The number of nitrogens with zero attached hydrogens (tertiary/aromatic N) is 1. The summed E-state index contributed by atoms with van der Waals surface area (Å²) < 4.78 is 0. The molecule has 0 aliphatic rings. The van der Waals surface area contributed by atoms with Crippen molar-refractivity contribution in [1.29, 1.82) is 0 Å². The molecule has 4 heteroatoms. The van der Waals surface area contributed by atoms with Gasteiger partial charge in [0.1, 0.15) is 0 Å². The maximum atomic E-state index is 11.1. The predicted molar refractivity (Wildman–Crippen MR) is 41.0 cm³/mol. The molecule has 0 bridgehead atoms. The van der Waals surface area contributed by atoms with Gasteiger partial charge in [0.15, 0.2) is 6.10 Å². The van der Waals surface area contributed by atoms with E-state index in [0.29, 0.717) is 13.1 Å². The van der Waals surface area contributed by atoms with Gasteiger partial charge in [0.2, 0.25) is 0 Å². The third-order valence-corrected chi connectivity index (χ3v) is 1.53. The van der Waals surface area contributed by atoms with E-state index in [2.05, 4.69) is 0 Å². The fourth-order valence-electron chi connectivity index (χ4n) is 0.824. The zero-order valence-electron chi connectivity index (χ0n) is 6.95. The standard InChI is InChI=1S/C7H15NO3/c1-3-8(4-2)7(11)6(10)5-9/h6,9-10H,3-5H2,1-2H3/t6-/m0/s1. The average Bonchev–Trinajstić information content (AvgIpc) is 2.05. The zero-order valence-corrected chi connectivity index (χ0v) is 6.95. The smallest absolute Gasteiger partial charge is 0.253 e. The Kier molecular flexibility index (Phi) is 4.81. The minimum absolute atomic E-state index is 0.405. The van der Waals surface area contributed by atoms with Gasteiger partial charge in [-0.1, -0.05) is 0 Å². The Hall–Kier alpha value is -0.610. The van der Waals surface area contributed by atoms with Crippen LogP contribution in [-0.4, -0.2) is 46.8 Å². The molecule has 1 amide bonds. The van der Waals surface area contributed by atoms with E-state index in [0.717, 1.165) is 0 Å². The second-order valence-electron chi connectivity index (χ2n) is 2.21. The molecule has 0 aliphatic carbocycles. The van der Waals surface area contributed by atoms with Crippen LogP contribution in [0.15, 0.2) is 0 Å². The summed E-state index contributed by atoms with van der Waals surface area (Å²) in [6.07, 6.45) is -1.25. The Morgan fingerprint density at radius 1 is 1.45 bits per heavy atom. The van der Waals surface area contributed by atoms with E-state index in [4.69, 9.17) is 10.2 Å². The molecule has 0 spiro atoms. The number of carbonyl (C=O) groups excluding carboxylic acids is 1. The van der Waals surface area contributed by atoms with Crippen LogP contribution in [0.1, 0.15) is 13.8 Å². The van der Waals surface area contributed by atoms with Crippen molar-refractivity contribution in [2.45, 2.75) is 20.0 Å². The Morgan fingerprint density at radius 2 is 1.91 bits per heavy atom. The monoisotopic (exact) mass is 161 g/mol. The summed E-state index contributed by atoms with van der Waals surface area (Å²) in [5.41, 5.74) is 0. The third kappa shape index (κ3) is 2.86. The van der Waals surface area contributed by atoms with Gasteiger partial charge in [-0.25, -0.2) is 0 Å².